The smallest absolute Gasteiger partial charge is 0.0971 e. The molecule has 0 saturated heterocycles. The number of aromatic nitrogens is 3. The Labute approximate surface area is 111 Å². The molecule has 19 heavy (non-hydrogen) atoms. The molecular formula is C13H18N4O2. The Morgan fingerprint density at radius 1 is 1.32 bits per heavy atom. The van der Waals surface area contributed by atoms with Crippen LogP contribution in [0.5, 0.6) is 0 Å². The number of aliphatic hydroxyl groups excluding tert-OH is 2. The lowest BCUT2D eigenvalue weighted by Gasteiger charge is -2.17. The SMILES string of the molecule is CN(Cc1cn(-c2ccccc2)nn1)CC(O)CO. The van der Waals surface area contributed by atoms with Crippen LogP contribution in [0.15, 0.2) is 36.5 Å². The van der Waals surface area contributed by atoms with E-state index in [1.807, 2.05) is 48.5 Å². The second-order valence-electron chi connectivity index (χ2n) is 4.52. The lowest BCUT2D eigenvalue weighted by atomic mass is 10.3. The molecule has 2 aromatic rings. The van der Waals surface area contributed by atoms with Crippen molar-refractivity contribution in [3.05, 3.63) is 42.2 Å². The number of benzene rings is 1. The largest absolute Gasteiger partial charge is 0.394 e. The van der Waals surface area contributed by atoms with Gasteiger partial charge in [-0.3, -0.25) is 4.90 Å². The van der Waals surface area contributed by atoms with Crippen molar-refractivity contribution in [2.75, 3.05) is 20.2 Å². The van der Waals surface area contributed by atoms with Crippen LogP contribution < -0.4 is 0 Å². The fourth-order valence-corrected chi connectivity index (χ4v) is 1.84. The Bertz CT molecular complexity index is 500. The molecule has 0 aliphatic carbocycles. The first-order valence-corrected chi connectivity index (χ1v) is 6.13. The maximum absolute atomic E-state index is 9.36. The number of likely N-dealkylation sites (N-methyl/N-ethyl adjacent to an activating group) is 1. The van der Waals surface area contributed by atoms with Crippen molar-refractivity contribution in [3.8, 4) is 5.69 Å². The summed E-state index contributed by atoms with van der Waals surface area (Å²) in [5.74, 6) is 0. The summed E-state index contributed by atoms with van der Waals surface area (Å²) in [6.45, 7) is 0.736. The zero-order chi connectivity index (χ0) is 13.7. The molecule has 6 nitrogen and oxygen atoms in total. The van der Waals surface area contributed by atoms with Crippen LogP contribution in [-0.2, 0) is 6.54 Å². The highest BCUT2D eigenvalue weighted by atomic mass is 16.3. The monoisotopic (exact) mass is 262 g/mol. The first-order valence-electron chi connectivity index (χ1n) is 6.13. The minimum atomic E-state index is -0.728. The van der Waals surface area contributed by atoms with Gasteiger partial charge < -0.3 is 10.2 Å². The number of hydrogen-bond donors (Lipinski definition) is 2. The third kappa shape index (κ3) is 3.85. The van der Waals surface area contributed by atoms with Gasteiger partial charge in [-0.15, -0.1) is 5.10 Å². The van der Waals surface area contributed by atoms with Crippen LogP contribution in [0.4, 0.5) is 0 Å². The predicted octanol–water partition coefficient (Wildman–Crippen LogP) is 0.0523. The van der Waals surface area contributed by atoms with Crippen molar-refractivity contribution >= 4 is 0 Å². The summed E-state index contributed by atoms with van der Waals surface area (Å²) in [6, 6.07) is 9.75. The third-order valence-electron chi connectivity index (χ3n) is 2.73. The van der Waals surface area contributed by atoms with Crippen LogP contribution in [-0.4, -0.2) is 56.4 Å². The van der Waals surface area contributed by atoms with Gasteiger partial charge in [0.15, 0.2) is 0 Å². The van der Waals surface area contributed by atoms with E-state index in [4.69, 9.17) is 5.11 Å². The quantitative estimate of drug-likeness (QED) is 0.769. The maximum Gasteiger partial charge on any atom is 0.0971 e. The molecule has 1 heterocycles. The Hall–Kier alpha value is -1.76. The highest BCUT2D eigenvalue weighted by Gasteiger charge is 2.09. The van der Waals surface area contributed by atoms with Crippen LogP contribution in [0.2, 0.25) is 0 Å². The standard InChI is InChI=1S/C13H18N4O2/c1-16(9-13(19)10-18)7-11-8-17(15-14-11)12-5-3-2-4-6-12/h2-6,8,13,18-19H,7,9-10H2,1H3. The van der Waals surface area contributed by atoms with Crippen molar-refractivity contribution < 1.29 is 10.2 Å². The molecular weight excluding hydrogens is 244 g/mol. The van der Waals surface area contributed by atoms with Crippen molar-refractivity contribution in [3.63, 3.8) is 0 Å². The van der Waals surface area contributed by atoms with Crippen molar-refractivity contribution in [2.45, 2.75) is 12.6 Å². The fourth-order valence-electron chi connectivity index (χ4n) is 1.84. The average Bonchev–Trinajstić information content (AvgIpc) is 2.88. The van der Waals surface area contributed by atoms with E-state index in [9.17, 15) is 5.11 Å². The molecule has 1 aromatic carbocycles. The summed E-state index contributed by atoms with van der Waals surface area (Å²) in [6.07, 6.45) is 1.13. The van der Waals surface area contributed by atoms with Crippen LogP contribution in [0.3, 0.4) is 0 Å². The van der Waals surface area contributed by atoms with Gasteiger partial charge >= 0.3 is 0 Å². The second-order valence-corrected chi connectivity index (χ2v) is 4.52. The molecule has 0 fully saturated rings. The molecule has 0 saturated carbocycles. The summed E-state index contributed by atoms with van der Waals surface area (Å²) in [5.41, 5.74) is 1.77. The molecule has 2 rings (SSSR count). The van der Waals surface area contributed by atoms with E-state index >= 15 is 0 Å². The van der Waals surface area contributed by atoms with Gasteiger partial charge in [0.1, 0.15) is 0 Å². The number of nitrogens with zero attached hydrogens (tertiary/aromatic N) is 4. The minimum absolute atomic E-state index is 0.235. The normalized spacial score (nSPS) is 12.8. The summed E-state index contributed by atoms with van der Waals surface area (Å²) >= 11 is 0. The molecule has 0 bridgehead atoms. The van der Waals surface area contributed by atoms with Gasteiger partial charge in [0, 0.05) is 13.1 Å². The van der Waals surface area contributed by atoms with E-state index in [1.54, 1.807) is 4.68 Å². The number of para-hydroxylation sites is 1. The number of rotatable bonds is 6. The average molecular weight is 262 g/mol. The van der Waals surface area contributed by atoms with E-state index in [1.165, 1.54) is 0 Å². The fraction of sp³-hybridized carbons (Fsp3) is 0.385. The molecule has 6 heteroatoms. The molecule has 0 spiro atoms. The third-order valence-corrected chi connectivity index (χ3v) is 2.73. The van der Waals surface area contributed by atoms with Crippen LogP contribution in [0, 0.1) is 0 Å². The van der Waals surface area contributed by atoms with Crippen LogP contribution in [0.1, 0.15) is 5.69 Å². The number of hydrogen-bond acceptors (Lipinski definition) is 5. The van der Waals surface area contributed by atoms with Gasteiger partial charge in [0.05, 0.1) is 30.3 Å². The topological polar surface area (TPSA) is 74.4 Å². The van der Waals surface area contributed by atoms with Crippen molar-refractivity contribution in [1.29, 1.82) is 0 Å². The lowest BCUT2D eigenvalue weighted by Crippen LogP contribution is -2.31. The van der Waals surface area contributed by atoms with E-state index in [0.29, 0.717) is 13.1 Å². The molecule has 0 amide bonds. The van der Waals surface area contributed by atoms with Gasteiger partial charge in [0.2, 0.25) is 0 Å². The summed E-state index contributed by atoms with van der Waals surface area (Å²) in [7, 11) is 1.86. The van der Waals surface area contributed by atoms with Gasteiger partial charge in [0.25, 0.3) is 0 Å². The summed E-state index contributed by atoms with van der Waals surface area (Å²) in [5, 5.41) is 26.3. The van der Waals surface area contributed by atoms with Gasteiger partial charge in [-0.05, 0) is 19.2 Å². The number of aliphatic hydroxyl groups is 2. The minimum Gasteiger partial charge on any atom is -0.394 e. The molecule has 1 aromatic heterocycles. The molecule has 0 aliphatic heterocycles. The Balaban J connectivity index is 1.98. The maximum atomic E-state index is 9.36. The Kier molecular flexibility index (Phi) is 4.62. The molecule has 1 unspecified atom stereocenters. The summed E-state index contributed by atoms with van der Waals surface area (Å²) in [4.78, 5) is 1.89. The Morgan fingerprint density at radius 2 is 2.05 bits per heavy atom. The van der Waals surface area contributed by atoms with Crippen molar-refractivity contribution in [1.82, 2.24) is 19.9 Å². The predicted molar refractivity (Wildman–Crippen MR) is 70.8 cm³/mol. The zero-order valence-electron chi connectivity index (χ0n) is 10.8. The van der Waals surface area contributed by atoms with E-state index in [-0.39, 0.29) is 6.61 Å². The molecule has 102 valence electrons. The lowest BCUT2D eigenvalue weighted by molar-refractivity contribution is 0.0645. The molecule has 0 radical (unpaired) electrons. The van der Waals surface area contributed by atoms with Crippen LogP contribution in [0.25, 0.3) is 5.69 Å². The van der Waals surface area contributed by atoms with E-state index in [0.717, 1.165) is 11.4 Å². The highest BCUT2D eigenvalue weighted by molar-refractivity contribution is 5.29. The van der Waals surface area contributed by atoms with Gasteiger partial charge in [-0.1, -0.05) is 23.4 Å². The van der Waals surface area contributed by atoms with Gasteiger partial charge in [-0.2, -0.15) is 0 Å². The highest BCUT2D eigenvalue weighted by Crippen LogP contribution is 2.07. The molecule has 1 atom stereocenters. The summed E-state index contributed by atoms with van der Waals surface area (Å²) < 4.78 is 1.71. The molecule has 2 N–H and O–H groups in total. The Morgan fingerprint density at radius 3 is 2.74 bits per heavy atom. The molecule has 0 aliphatic rings. The van der Waals surface area contributed by atoms with E-state index in [2.05, 4.69) is 10.3 Å². The second kappa shape index (κ2) is 6.42. The van der Waals surface area contributed by atoms with Crippen LogP contribution >= 0.6 is 0 Å². The van der Waals surface area contributed by atoms with Gasteiger partial charge in [-0.25, -0.2) is 4.68 Å². The first kappa shape index (κ1) is 13.7. The first-order chi connectivity index (χ1) is 9.19. The zero-order valence-corrected chi connectivity index (χ0v) is 10.8. The van der Waals surface area contributed by atoms with Crippen molar-refractivity contribution in [2.24, 2.45) is 0 Å². The van der Waals surface area contributed by atoms with E-state index < -0.39 is 6.10 Å².